The molecular formula is C13H11Br2NO2. The molecule has 1 heterocycles. The van der Waals surface area contributed by atoms with Gasteiger partial charge in [0.15, 0.2) is 0 Å². The van der Waals surface area contributed by atoms with Crippen LogP contribution in [0.5, 0.6) is 0 Å². The predicted octanol–water partition coefficient (Wildman–Crippen LogP) is 3.59. The molecule has 5 heteroatoms. The fourth-order valence-electron chi connectivity index (χ4n) is 1.89. The summed E-state index contributed by atoms with van der Waals surface area (Å²) in [5, 5.41) is 0. The lowest BCUT2D eigenvalue weighted by atomic mass is 10.1. The van der Waals surface area contributed by atoms with Gasteiger partial charge in [0.05, 0.1) is 5.69 Å². The summed E-state index contributed by atoms with van der Waals surface area (Å²) in [5.41, 5.74) is 1.72. The van der Waals surface area contributed by atoms with E-state index in [2.05, 4.69) is 38.8 Å². The van der Waals surface area contributed by atoms with Gasteiger partial charge in [0, 0.05) is 21.1 Å². The third kappa shape index (κ3) is 2.42. The normalized spacial score (nSPS) is 14.7. The van der Waals surface area contributed by atoms with Crippen molar-refractivity contribution in [1.82, 2.24) is 0 Å². The molecule has 0 aromatic heterocycles. The van der Waals surface area contributed by atoms with Gasteiger partial charge in [0.2, 0.25) is 0 Å². The Kier molecular flexibility index (Phi) is 4.02. The van der Waals surface area contributed by atoms with E-state index in [1.807, 2.05) is 12.1 Å². The summed E-state index contributed by atoms with van der Waals surface area (Å²) < 4.78 is 1.48. The maximum atomic E-state index is 11.7. The highest BCUT2D eigenvalue weighted by atomic mass is 79.9. The first-order chi connectivity index (χ1) is 8.54. The van der Waals surface area contributed by atoms with Crippen LogP contribution in [-0.2, 0) is 16.0 Å². The lowest BCUT2D eigenvalue weighted by molar-refractivity contribution is -0.120. The molecule has 0 saturated carbocycles. The fourth-order valence-corrected chi connectivity index (χ4v) is 3.52. The largest absolute Gasteiger partial charge is 0.269 e. The number of rotatable bonds is 3. The number of hydrogen-bond acceptors (Lipinski definition) is 2. The van der Waals surface area contributed by atoms with Gasteiger partial charge in [0.25, 0.3) is 11.8 Å². The Balaban J connectivity index is 2.46. The molecule has 1 aromatic carbocycles. The number of halogens is 2. The first-order valence-electron chi connectivity index (χ1n) is 5.58. The van der Waals surface area contributed by atoms with Gasteiger partial charge in [-0.2, -0.15) is 0 Å². The summed E-state index contributed by atoms with van der Waals surface area (Å²) in [6, 6.07) is 3.89. The summed E-state index contributed by atoms with van der Waals surface area (Å²) in [6.45, 7) is 2.10. The van der Waals surface area contributed by atoms with E-state index in [1.165, 1.54) is 12.2 Å². The summed E-state index contributed by atoms with van der Waals surface area (Å²) >= 11 is 6.86. The lowest BCUT2D eigenvalue weighted by Gasteiger charge is -2.18. The Morgan fingerprint density at radius 2 is 1.56 bits per heavy atom. The molecule has 0 aliphatic carbocycles. The Hall–Kier alpha value is -0.940. The number of aryl methyl sites for hydroxylation is 1. The van der Waals surface area contributed by atoms with Gasteiger partial charge < -0.3 is 0 Å². The number of carbonyl (C=O) groups excluding carboxylic acids is 2. The summed E-state index contributed by atoms with van der Waals surface area (Å²) in [6.07, 6.45) is 4.56. The first kappa shape index (κ1) is 13.5. The maximum Gasteiger partial charge on any atom is 0.258 e. The molecule has 2 amide bonds. The van der Waals surface area contributed by atoms with Crippen molar-refractivity contribution in [3.05, 3.63) is 38.8 Å². The van der Waals surface area contributed by atoms with Gasteiger partial charge in [-0.15, -0.1) is 0 Å². The fraction of sp³-hybridized carbons (Fsp3) is 0.231. The number of benzene rings is 1. The van der Waals surface area contributed by atoms with Crippen LogP contribution in [0.25, 0.3) is 0 Å². The van der Waals surface area contributed by atoms with Crippen LogP contribution in [0, 0.1) is 0 Å². The van der Waals surface area contributed by atoms with Crippen molar-refractivity contribution in [2.24, 2.45) is 0 Å². The molecule has 18 heavy (non-hydrogen) atoms. The predicted molar refractivity (Wildman–Crippen MR) is 77.5 cm³/mol. The summed E-state index contributed by atoms with van der Waals surface area (Å²) in [7, 11) is 0. The Labute approximate surface area is 122 Å². The molecule has 0 bridgehead atoms. The van der Waals surface area contributed by atoms with Gasteiger partial charge in [0.1, 0.15) is 0 Å². The molecule has 1 aliphatic heterocycles. The van der Waals surface area contributed by atoms with E-state index in [0.29, 0.717) is 5.69 Å². The van der Waals surface area contributed by atoms with Crippen LogP contribution in [0.4, 0.5) is 5.69 Å². The third-order valence-corrected chi connectivity index (χ3v) is 3.86. The molecule has 94 valence electrons. The molecule has 0 N–H and O–H groups in total. The van der Waals surface area contributed by atoms with Crippen LogP contribution in [0.1, 0.15) is 18.9 Å². The molecule has 0 radical (unpaired) electrons. The topological polar surface area (TPSA) is 37.4 Å². The SMILES string of the molecule is CCCc1cc(Br)c(N2C(=O)C=CC2=O)c(Br)c1. The standard InChI is InChI=1S/C13H11Br2NO2/c1-2-3-8-6-9(14)13(10(15)7-8)16-11(17)4-5-12(16)18/h4-7H,2-3H2,1H3. The second-order valence-electron chi connectivity index (χ2n) is 4.00. The van der Waals surface area contributed by atoms with E-state index in [9.17, 15) is 9.59 Å². The van der Waals surface area contributed by atoms with Crippen molar-refractivity contribution in [2.45, 2.75) is 19.8 Å². The van der Waals surface area contributed by atoms with Crippen molar-refractivity contribution >= 4 is 49.4 Å². The van der Waals surface area contributed by atoms with Crippen LogP contribution in [0.15, 0.2) is 33.2 Å². The van der Waals surface area contributed by atoms with E-state index in [0.717, 1.165) is 32.3 Å². The second kappa shape index (κ2) is 5.36. The van der Waals surface area contributed by atoms with Crippen molar-refractivity contribution in [1.29, 1.82) is 0 Å². The van der Waals surface area contributed by atoms with Gasteiger partial charge in [-0.25, -0.2) is 4.90 Å². The highest BCUT2D eigenvalue weighted by molar-refractivity contribution is 9.11. The number of amides is 2. The molecule has 1 aromatic rings. The van der Waals surface area contributed by atoms with Gasteiger partial charge in [-0.3, -0.25) is 9.59 Å². The zero-order valence-electron chi connectivity index (χ0n) is 9.74. The minimum absolute atomic E-state index is 0.315. The van der Waals surface area contributed by atoms with Crippen molar-refractivity contribution in [3.63, 3.8) is 0 Å². The van der Waals surface area contributed by atoms with Crippen LogP contribution in [0.3, 0.4) is 0 Å². The molecule has 0 spiro atoms. The van der Waals surface area contributed by atoms with Crippen molar-refractivity contribution in [2.75, 3.05) is 4.90 Å². The average molecular weight is 373 g/mol. The van der Waals surface area contributed by atoms with Gasteiger partial charge in [-0.05, 0) is 56.0 Å². The Morgan fingerprint density at radius 1 is 1.06 bits per heavy atom. The smallest absolute Gasteiger partial charge is 0.258 e. The van der Waals surface area contributed by atoms with Crippen molar-refractivity contribution < 1.29 is 9.59 Å². The number of anilines is 1. The first-order valence-corrected chi connectivity index (χ1v) is 7.17. The second-order valence-corrected chi connectivity index (χ2v) is 5.71. The molecule has 0 saturated heterocycles. The third-order valence-electron chi connectivity index (χ3n) is 2.65. The van der Waals surface area contributed by atoms with E-state index < -0.39 is 0 Å². The molecule has 0 unspecified atom stereocenters. The van der Waals surface area contributed by atoms with Crippen molar-refractivity contribution in [3.8, 4) is 0 Å². The van der Waals surface area contributed by atoms with E-state index in [1.54, 1.807) is 0 Å². The molecule has 0 atom stereocenters. The minimum atomic E-state index is -0.315. The monoisotopic (exact) mass is 371 g/mol. The quantitative estimate of drug-likeness (QED) is 0.760. The highest BCUT2D eigenvalue weighted by Gasteiger charge is 2.28. The van der Waals surface area contributed by atoms with Gasteiger partial charge in [-0.1, -0.05) is 13.3 Å². The number of nitrogens with zero attached hydrogens (tertiary/aromatic N) is 1. The molecule has 2 rings (SSSR count). The number of imide groups is 1. The highest BCUT2D eigenvalue weighted by Crippen LogP contribution is 2.37. The molecule has 3 nitrogen and oxygen atoms in total. The van der Waals surface area contributed by atoms with E-state index >= 15 is 0 Å². The lowest BCUT2D eigenvalue weighted by Crippen LogP contribution is -2.30. The zero-order valence-corrected chi connectivity index (χ0v) is 12.9. The van der Waals surface area contributed by atoms with Crippen LogP contribution in [0.2, 0.25) is 0 Å². The number of carbonyl (C=O) groups is 2. The Bertz CT molecular complexity index is 511. The van der Waals surface area contributed by atoms with Crippen LogP contribution < -0.4 is 4.90 Å². The Morgan fingerprint density at radius 3 is 2.00 bits per heavy atom. The zero-order chi connectivity index (χ0) is 13.3. The molecular weight excluding hydrogens is 362 g/mol. The van der Waals surface area contributed by atoms with E-state index in [4.69, 9.17) is 0 Å². The van der Waals surface area contributed by atoms with E-state index in [-0.39, 0.29) is 11.8 Å². The average Bonchev–Trinajstić information content (AvgIpc) is 2.60. The summed E-state index contributed by atoms with van der Waals surface area (Å²) in [4.78, 5) is 24.5. The maximum absolute atomic E-state index is 11.7. The van der Waals surface area contributed by atoms with Gasteiger partial charge >= 0.3 is 0 Å². The van der Waals surface area contributed by atoms with Crippen LogP contribution in [-0.4, -0.2) is 11.8 Å². The minimum Gasteiger partial charge on any atom is -0.269 e. The molecule has 0 fully saturated rings. The van der Waals surface area contributed by atoms with Crippen LogP contribution >= 0.6 is 31.9 Å². The summed E-state index contributed by atoms with van der Waals surface area (Å²) in [5.74, 6) is -0.630. The number of hydrogen-bond donors (Lipinski definition) is 0. The molecule has 1 aliphatic rings.